The Hall–Kier alpha value is -0.810. The molecule has 0 spiro atoms. The molecule has 0 saturated carbocycles. The van der Waals surface area contributed by atoms with Gasteiger partial charge in [0.1, 0.15) is 0 Å². The zero-order chi connectivity index (χ0) is 11.8. The number of nitrogens with one attached hydrogen (secondary N) is 1. The summed E-state index contributed by atoms with van der Waals surface area (Å²) in [6.07, 6.45) is 0.162. The molecule has 0 atom stereocenters. The molecule has 88 valence electrons. The minimum absolute atomic E-state index is 0.162. The van der Waals surface area contributed by atoms with E-state index >= 15 is 0 Å². The van der Waals surface area contributed by atoms with Crippen LogP contribution < -0.4 is 5.32 Å². The summed E-state index contributed by atoms with van der Waals surface area (Å²) in [5, 5.41) is 2.25. The lowest BCUT2D eigenvalue weighted by Crippen LogP contribution is -2.43. The van der Waals surface area contributed by atoms with Gasteiger partial charge in [-0.05, 0) is 14.1 Å². The smallest absolute Gasteiger partial charge is 0.323 e. The van der Waals surface area contributed by atoms with Crippen molar-refractivity contribution >= 4 is 23.5 Å². The van der Waals surface area contributed by atoms with Crippen molar-refractivity contribution in [1.82, 2.24) is 15.1 Å². The Labute approximate surface area is 95.4 Å². The lowest BCUT2D eigenvalue weighted by molar-refractivity contribution is -0.119. The first-order valence-electron chi connectivity index (χ1n) is 4.73. The Balaban J connectivity index is 3.83. The predicted octanol–water partition coefficient (Wildman–Crippen LogP) is 0.345. The molecule has 0 rings (SSSR count). The van der Waals surface area contributed by atoms with Crippen LogP contribution in [-0.4, -0.2) is 61.9 Å². The molecule has 6 heteroatoms. The molecule has 0 radical (unpaired) electrons. The maximum atomic E-state index is 11.4. The summed E-state index contributed by atoms with van der Waals surface area (Å²) in [6.45, 7) is 1.33. The molecule has 0 aromatic rings. The van der Waals surface area contributed by atoms with Gasteiger partial charge in [-0.3, -0.25) is 10.1 Å². The van der Waals surface area contributed by atoms with Gasteiger partial charge in [0, 0.05) is 32.4 Å². The van der Waals surface area contributed by atoms with Crippen molar-refractivity contribution in [1.29, 1.82) is 0 Å². The van der Waals surface area contributed by atoms with Crippen molar-refractivity contribution in [3.05, 3.63) is 0 Å². The second-order valence-electron chi connectivity index (χ2n) is 3.52. The SMILES string of the molecule is CN(C)CCN(C)C(=O)NC(=O)CCCl. The third kappa shape index (κ3) is 7.16. The van der Waals surface area contributed by atoms with Gasteiger partial charge in [-0.25, -0.2) is 4.79 Å². The van der Waals surface area contributed by atoms with E-state index < -0.39 is 0 Å². The van der Waals surface area contributed by atoms with Gasteiger partial charge in [0.2, 0.25) is 5.91 Å². The van der Waals surface area contributed by atoms with E-state index in [1.165, 1.54) is 4.90 Å². The molecular formula is C9H18ClN3O2. The normalized spacial score (nSPS) is 10.2. The molecule has 0 unspecified atom stereocenters. The van der Waals surface area contributed by atoms with Crippen LogP contribution in [0.3, 0.4) is 0 Å². The molecule has 0 aromatic heterocycles. The summed E-state index contributed by atoms with van der Waals surface area (Å²) >= 11 is 5.37. The molecule has 0 fully saturated rings. The Bertz CT molecular complexity index is 221. The highest BCUT2D eigenvalue weighted by Gasteiger charge is 2.11. The number of carbonyl (C=O) groups is 2. The average molecular weight is 236 g/mol. The van der Waals surface area contributed by atoms with E-state index in [0.717, 1.165) is 6.54 Å². The van der Waals surface area contributed by atoms with Crippen molar-refractivity contribution < 1.29 is 9.59 Å². The second kappa shape index (κ2) is 7.48. The highest BCUT2D eigenvalue weighted by atomic mass is 35.5. The second-order valence-corrected chi connectivity index (χ2v) is 3.90. The van der Waals surface area contributed by atoms with Crippen LogP contribution >= 0.6 is 11.6 Å². The van der Waals surface area contributed by atoms with Gasteiger partial charge in [-0.15, -0.1) is 11.6 Å². The molecular weight excluding hydrogens is 218 g/mol. The maximum absolute atomic E-state index is 11.4. The van der Waals surface area contributed by atoms with E-state index in [0.29, 0.717) is 6.54 Å². The summed E-state index contributed by atoms with van der Waals surface area (Å²) in [7, 11) is 5.49. The number of likely N-dealkylation sites (N-methyl/N-ethyl adjacent to an activating group) is 2. The standard InChI is InChI=1S/C9H18ClN3O2/c1-12(2)6-7-13(3)9(15)11-8(14)4-5-10/h4-7H2,1-3H3,(H,11,14,15). The van der Waals surface area contributed by atoms with Gasteiger partial charge in [0.05, 0.1) is 0 Å². The van der Waals surface area contributed by atoms with Crippen LogP contribution in [0.1, 0.15) is 6.42 Å². The number of urea groups is 1. The van der Waals surface area contributed by atoms with Crippen LogP contribution in [0.4, 0.5) is 4.79 Å². The number of hydrogen-bond acceptors (Lipinski definition) is 3. The quantitative estimate of drug-likeness (QED) is 0.700. The number of carbonyl (C=O) groups excluding carboxylic acids is 2. The minimum atomic E-state index is -0.382. The zero-order valence-electron chi connectivity index (χ0n) is 9.42. The van der Waals surface area contributed by atoms with Crippen molar-refractivity contribution in [3.8, 4) is 0 Å². The number of hydrogen-bond donors (Lipinski definition) is 1. The van der Waals surface area contributed by atoms with Crippen LogP contribution in [0, 0.1) is 0 Å². The van der Waals surface area contributed by atoms with E-state index in [-0.39, 0.29) is 24.2 Å². The third-order valence-corrected chi connectivity index (χ3v) is 1.99. The molecule has 0 heterocycles. The van der Waals surface area contributed by atoms with Crippen LogP contribution in [-0.2, 0) is 4.79 Å². The monoisotopic (exact) mass is 235 g/mol. The van der Waals surface area contributed by atoms with Gasteiger partial charge in [-0.2, -0.15) is 0 Å². The molecule has 5 nitrogen and oxygen atoms in total. The van der Waals surface area contributed by atoms with E-state index in [1.54, 1.807) is 7.05 Å². The fourth-order valence-corrected chi connectivity index (χ4v) is 0.986. The van der Waals surface area contributed by atoms with Gasteiger partial charge in [0.15, 0.2) is 0 Å². The van der Waals surface area contributed by atoms with Gasteiger partial charge < -0.3 is 9.80 Å². The highest BCUT2D eigenvalue weighted by molar-refractivity contribution is 6.19. The van der Waals surface area contributed by atoms with Gasteiger partial charge in [0.25, 0.3) is 0 Å². The van der Waals surface area contributed by atoms with Crippen LogP contribution in [0.2, 0.25) is 0 Å². The number of alkyl halides is 1. The molecule has 15 heavy (non-hydrogen) atoms. The number of rotatable bonds is 5. The maximum Gasteiger partial charge on any atom is 0.323 e. The molecule has 0 aliphatic carbocycles. The third-order valence-electron chi connectivity index (χ3n) is 1.80. The Morgan fingerprint density at radius 3 is 2.27 bits per heavy atom. The molecule has 0 bridgehead atoms. The number of amides is 3. The van der Waals surface area contributed by atoms with E-state index in [9.17, 15) is 9.59 Å². The van der Waals surface area contributed by atoms with Crippen LogP contribution in [0.5, 0.6) is 0 Å². The first-order chi connectivity index (χ1) is 6.97. The van der Waals surface area contributed by atoms with Crippen LogP contribution in [0.25, 0.3) is 0 Å². The van der Waals surface area contributed by atoms with E-state index in [4.69, 9.17) is 11.6 Å². The molecule has 0 saturated heterocycles. The lowest BCUT2D eigenvalue weighted by Gasteiger charge is -2.19. The molecule has 0 aliphatic rings. The largest absolute Gasteiger partial charge is 0.326 e. The number of halogens is 1. The zero-order valence-corrected chi connectivity index (χ0v) is 10.2. The van der Waals surface area contributed by atoms with E-state index in [2.05, 4.69) is 5.32 Å². The van der Waals surface area contributed by atoms with E-state index in [1.807, 2.05) is 19.0 Å². The van der Waals surface area contributed by atoms with Crippen molar-refractivity contribution in [2.45, 2.75) is 6.42 Å². The van der Waals surface area contributed by atoms with Gasteiger partial charge in [-0.1, -0.05) is 0 Å². The first kappa shape index (κ1) is 14.2. The Morgan fingerprint density at radius 1 is 1.20 bits per heavy atom. The Morgan fingerprint density at radius 2 is 1.80 bits per heavy atom. The molecule has 1 N–H and O–H groups in total. The minimum Gasteiger partial charge on any atom is -0.326 e. The topological polar surface area (TPSA) is 52.6 Å². The Kier molecular flexibility index (Phi) is 7.07. The van der Waals surface area contributed by atoms with Crippen LogP contribution in [0.15, 0.2) is 0 Å². The number of imide groups is 1. The first-order valence-corrected chi connectivity index (χ1v) is 5.26. The molecule has 0 aliphatic heterocycles. The lowest BCUT2D eigenvalue weighted by atomic mass is 10.4. The summed E-state index contributed by atoms with van der Waals surface area (Å²) < 4.78 is 0. The number of nitrogens with zero attached hydrogens (tertiary/aromatic N) is 2. The fraction of sp³-hybridized carbons (Fsp3) is 0.778. The molecule has 0 aromatic carbocycles. The fourth-order valence-electron chi connectivity index (χ4n) is 0.815. The van der Waals surface area contributed by atoms with Crippen molar-refractivity contribution in [2.24, 2.45) is 0 Å². The van der Waals surface area contributed by atoms with Crippen molar-refractivity contribution in [2.75, 3.05) is 40.1 Å². The summed E-state index contributed by atoms with van der Waals surface area (Å²) in [5.74, 6) is -0.118. The average Bonchev–Trinajstić information content (AvgIpc) is 2.14. The summed E-state index contributed by atoms with van der Waals surface area (Å²) in [5.41, 5.74) is 0. The van der Waals surface area contributed by atoms with Gasteiger partial charge >= 0.3 is 6.03 Å². The van der Waals surface area contributed by atoms with Crippen molar-refractivity contribution in [3.63, 3.8) is 0 Å². The predicted molar refractivity (Wildman–Crippen MR) is 60.1 cm³/mol. The molecule has 3 amide bonds. The highest BCUT2D eigenvalue weighted by Crippen LogP contribution is 1.89. The summed E-state index contributed by atoms with van der Waals surface area (Å²) in [6, 6.07) is -0.382. The summed E-state index contributed by atoms with van der Waals surface area (Å²) in [4.78, 5) is 25.8.